The van der Waals surface area contributed by atoms with Crippen molar-refractivity contribution in [3.63, 3.8) is 0 Å². The molecular weight excluding hydrogens is 316 g/mol. The molecule has 0 atom stereocenters. The number of nitrogens with zero attached hydrogens (tertiary/aromatic N) is 4. The average molecular weight is 342 g/mol. The molecule has 2 N–H and O–H groups in total. The standard InChI is InChI=1S/C18H26N6O/c1-4-19-18(21-12-17-23-22-13(2)24(17)3)20-9-7-14-5-6-16-15(11-14)8-10-25-16/h5-6,11H,4,7-10,12H2,1-3H3,(H2,19,20,21). The molecule has 1 aromatic carbocycles. The van der Waals surface area contributed by atoms with Crippen LogP contribution < -0.4 is 15.4 Å². The van der Waals surface area contributed by atoms with E-state index in [1.54, 1.807) is 0 Å². The largest absolute Gasteiger partial charge is 0.493 e. The summed E-state index contributed by atoms with van der Waals surface area (Å²) in [5.74, 6) is 3.58. The smallest absolute Gasteiger partial charge is 0.191 e. The molecule has 0 aliphatic carbocycles. The second kappa shape index (κ2) is 8.00. The summed E-state index contributed by atoms with van der Waals surface area (Å²) in [5.41, 5.74) is 2.63. The lowest BCUT2D eigenvalue weighted by molar-refractivity contribution is 0.357. The molecule has 2 aromatic rings. The molecule has 2 heterocycles. The molecule has 0 saturated heterocycles. The fourth-order valence-corrected chi connectivity index (χ4v) is 2.80. The van der Waals surface area contributed by atoms with Crippen molar-refractivity contribution in [3.8, 4) is 5.75 Å². The van der Waals surface area contributed by atoms with Crippen LogP contribution in [-0.4, -0.2) is 40.4 Å². The molecule has 0 fully saturated rings. The topological polar surface area (TPSA) is 76.4 Å². The van der Waals surface area contributed by atoms with Crippen LogP contribution in [0.5, 0.6) is 5.75 Å². The third kappa shape index (κ3) is 4.29. The van der Waals surface area contributed by atoms with E-state index < -0.39 is 0 Å². The van der Waals surface area contributed by atoms with Gasteiger partial charge >= 0.3 is 0 Å². The summed E-state index contributed by atoms with van der Waals surface area (Å²) in [6.45, 7) is 6.94. The van der Waals surface area contributed by atoms with Gasteiger partial charge in [-0.05, 0) is 37.5 Å². The number of guanidine groups is 1. The molecule has 0 bridgehead atoms. The van der Waals surface area contributed by atoms with E-state index in [0.29, 0.717) is 6.54 Å². The molecule has 1 aromatic heterocycles. The van der Waals surface area contributed by atoms with Crippen molar-refractivity contribution in [3.05, 3.63) is 41.0 Å². The van der Waals surface area contributed by atoms with Crippen LogP contribution in [0, 0.1) is 6.92 Å². The Morgan fingerprint density at radius 2 is 2.20 bits per heavy atom. The molecule has 7 nitrogen and oxygen atoms in total. The normalized spacial score (nSPS) is 13.5. The molecule has 3 rings (SSSR count). The molecule has 0 amide bonds. The van der Waals surface area contributed by atoms with E-state index in [1.807, 2.05) is 18.5 Å². The van der Waals surface area contributed by atoms with Crippen molar-refractivity contribution in [1.29, 1.82) is 0 Å². The number of aryl methyl sites for hydroxylation is 1. The second-order valence-electron chi connectivity index (χ2n) is 6.13. The zero-order chi connectivity index (χ0) is 17.6. The number of hydrogen-bond donors (Lipinski definition) is 2. The minimum Gasteiger partial charge on any atom is -0.493 e. The van der Waals surface area contributed by atoms with Gasteiger partial charge < -0.3 is 19.9 Å². The Hall–Kier alpha value is -2.57. The number of fused-ring (bicyclic) bond motifs is 1. The predicted molar refractivity (Wildman–Crippen MR) is 97.9 cm³/mol. The quantitative estimate of drug-likeness (QED) is 0.612. The first-order valence-corrected chi connectivity index (χ1v) is 8.79. The minimum atomic E-state index is 0.503. The lowest BCUT2D eigenvalue weighted by atomic mass is 10.1. The maximum absolute atomic E-state index is 5.56. The first-order chi connectivity index (χ1) is 12.2. The highest BCUT2D eigenvalue weighted by Crippen LogP contribution is 2.25. The van der Waals surface area contributed by atoms with Crippen LogP contribution in [0.3, 0.4) is 0 Å². The number of ether oxygens (including phenoxy) is 1. The van der Waals surface area contributed by atoms with Gasteiger partial charge in [-0.3, -0.25) is 0 Å². The van der Waals surface area contributed by atoms with Crippen LogP contribution in [0.4, 0.5) is 0 Å². The van der Waals surface area contributed by atoms with Crippen LogP contribution in [0.15, 0.2) is 23.2 Å². The van der Waals surface area contributed by atoms with Crippen LogP contribution in [0.2, 0.25) is 0 Å². The maximum atomic E-state index is 5.56. The Bertz CT molecular complexity index is 752. The lowest BCUT2D eigenvalue weighted by Gasteiger charge is -2.11. The van der Waals surface area contributed by atoms with E-state index in [0.717, 1.165) is 55.9 Å². The van der Waals surface area contributed by atoms with Gasteiger partial charge in [0.1, 0.15) is 18.1 Å². The summed E-state index contributed by atoms with van der Waals surface area (Å²) in [7, 11) is 1.96. The average Bonchev–Trinajstić information content (AvgIpc) is 3.20. The molecule has 7 heteroatoms. The third-order valence-electron chi connectivity index (χ3n) is 4.37. The van der Waals surface area contributed by atoms with Crippen LogP contribution >= 0.6 is 0 Å². The van der Waals surface area contributed by atoms with Crippen LogP contribution in [0.1, 0.15) is 29.7 Å². The van der Waals surface area contributed by atoms with E-state index in [1.165, 1.54) is 11.1 Å². The van der Waals surface area contributed by atoms with Crippen molar-refractivity contribution in [2.24, 2.45) is 12.0 Å². The third-order valence-corrected chi connectivity index (χ3v) is 4.37. The highest BCUT2D eigenvalue weighted by atomic mass is 16.5. The van der Waals surface area contributed by atoms with Gasteiger partial charge in [-0.2, -0.15) is 0 Å². The highest BCUT2D eigenvalue weighted by Gasteiger charge is 2.11. The Labute approximate surface area is 148 Å². The number of rotatable bonds is 6. The molecule has 1 aliphatic heterocycles. The van der Waals surface area contributed by atoms with Crippen molar-refractivity contribution in [2.75, 3.05) is 19.7 Å². The Kier molecular flexibility index (Phi) is 5.53. The molecule has 0 radical (unpaired) electrons. The van der Waals surface area contributed by atoms with Crippen molar-refractivity contribution in [2.45, 2.75) is 33.2 Å². The van der Waals surface area contributed by atoms with Gasteiger partial charge in [-0.25, -0.2) is 4.99 Å². The van der Waals surface area contributed by atoms with Gasteiger partial charge in [0.05, 0.1) is 6.61 Å². The fraction of sp³-hybridized carbons (Fsp3) is 0.500. The van der Waals surface area contributed by atoms with Crippen molar-refractivity contribution < 1.29 is 4.74 Å². The van der Waals surface area contributed by atoms with E-state index >= 15 is 0 Å². The molecule has 0 saturated carbocycles. The van der Waals surface area contributed by atoms with E-state index in [9.17, 15) is 0 Å². The lowest BCUT2D eigenvalue weighted by Crippen LogP contribution is -2.38. The zero-order valence-electron chi connectivity index (χ0n) is 15.2. The number of benzene rings is 1. The van der Waals surface area contributed by atoms with E-state index in [-0.39, 0.29) is 0 Å². The first kappa shape index (κ1) is 17.3. The zero-order valence-corrected chi connectivity index (χ0v) is 15.2. The highest BCUT2D eigenvalue weighted by molar-refractivity contribution is 5.79. The maximum Gasteiger partial charge on any atom is 0.191 e. The van der Waals surface area contributed by atoms with E-state index in [2.05, 4.69) is 50.9 Å². The van der Waals surface area contributed by atoms with Gasteiger partial charge in [-0.15, -0.1) is 10.2 Å². The number of nitrogens with one attached hydrogen (secondary N) is 2. The molecule has 0 spiro atoms. The predicted octanol–water partition coefficient (Wildman–Crippen LogP) is 1.36. The van der Waals surface area contributed by atoms with Gasteiger partial charge in [0, 0.05) is 26.6 Å². The van der Waals surface area contributed by atoms with Gasteiger partial charge in [-0.1, -0.05) is 12.1 Å². The number of aromatic nitrogens is 3. The molecule has 25 heavy (non-hydrogen) atoms. The van der Waals surface area contributed by atoms with Crippen LogP contribution in [0.25, 0.3) is 0 Å². The summed E-state index contributed by atoms with van der Waals surface area (Å²) in [4.78, 5) is 4.60. The number of aliphatic imine (C=N–C) groups is 1. The van der Waals surface area contributed by atoms with Crippen LogP contribution in [-0.2, 0) is 26.4 Å². The SMILES string of the molecule is CCNC(=NCc1nnc(C)n1C)NCCc1ccc2c(c1)CCO2. The minimum absolute atomic E-state index is 0.503. The summed E-state index contributed by atoms with van der Waals surface area (Å²) < 4.78 is 7.51. The van der Waals surface area contributed by atoms with Crippen molar-refractivity contribution >= 4 is 5.96 Å². The molecule has 0 unspecified atom stereocenters. The first-order valence-electron chi connectivity index (χ1n) is 8.79. The number of hydrogen-bond acceptors (Lipinski definition) is 4. The molecule has 1 aliphatic rings. The fourth-order valence-electron chi connectivity index (χ4n) is 2.80. The summed E-state index contributed by atoms with van der Waals surface area (Å²) >= 11 is 0. The molecular formula is C18H26N6O. The Morgan fingerprint density at radius 1 is 1.32 bits per heavy atom. The van der Waals surface area contributed by atoms with Gasteiger partial charge in [0.25, 0.3) is 0 Å². The summed E-state index contributed by atoms with van der Waals surface area (Å²) in [6, 6.07) is 6.46. The monoisotopic (exact) mass is 342 g/mol. The Balaban J connectivity index is 1.54. The van der Waals surface area contributed by atoms with E-state index in [4.69, 9.17) is 4.74 Å². The van der Waals surface area contributed by atoms with Gasteiger partial charge in [0.2, 0.25) is 0 Å². The summed E-state index contributed by atoms with van der Waals surface area (Å²) in [6.07, 6.45) is 1.96. The second-order valence-corrected chi connectivity index (χ2v) is 6.13. The van der Waals surface area contributed by atoms with Gasteiger partial charge in [0.15, 0.2) is 11.8 Å². The summed E-state index contributed by atoms with van der Waals surface area (Å²) in [5, 5.41) is 14.9. The van der Waals surface area contributed by atoms with Crippen molar-refractivity contribution in [1.82, 2.24) is 25.4 Å². The Morgan fingerprint density at radius 3 is 2.96 bits per heavy atom. The molecule has 134 valence electrons.